The summed E-state index contributed by atoms with van der Waals surface area (Å²) in [4.78, 5) is 72.9. The second-order valence-electron chi connectivity index (χ2n) is 30.7. The van der Waals surface area contributed by atoms with Crippen molar-refractivity contribution < 1.29 is 80.2 Å². The van der Waals surface area contributed by atoms with E-state index in [2.05, 4.69) is 55.4 Å². The number of ether oxygens (including phenoxy) is 4. The Morgan fingerprint density at radius 3 is 0.626 bits per heavy atom. The van der Waals surface area contributed by atoms with Gasteiger partial charge < -0.3 is 33.8 Å². The molecule has 17 nitrogen and oxygen atoms in total. The number of aliphatic hydroxyl groups excluding tert-OH is 1. The van der Waals surface area contributed by atoms with Gasteiger partial charge >= 0.3 is 39.5 Å². The summed E-state index contributed by atoms with van der Waals surface area (Å²) >= 11 is 0. The van der Waals surface area contributed by atoms with Crippen LogP contribution < -0.4 is 0 Å². The van der Waals surface area contributed by atoms with E-state index in [9.17, 15) is 43.2 Å². The van der Waals surface area contributed by atoms with Gasteiger partial charge in [0.2, 0.25) is 0 Å². The summed E-state index contributed by atoms with van der Waals surface area (Å²) in [7, 11) is -9.92. The summed E-state index contributed by atoms with van der Waals surface area (Å²) < 4.78 is 68.6. The minimum atomic E-state index is -4.96. The molecule has 19 heteroatoms. The lowest BCUT2D eigenvalue weighted by Gasteiger charge is -2.21. The van der Waals surface area contributed by atoms with Gasteiger partial charge in [0.15, 0.2) is 12.2 Å². The smallest absolute Gasteiger partial charge is 0.462 e. The second kappa shape index (κ2) is 69.1. The molecule has 0 aromatic carbocycles. The van der Waals surface area contributed by atoms with Crippen LogP contribution in [0, 0.1) is 23.7 Å². The molecule has 0 aromatic rings. The second-order valence-corrected chi connectivity index (χ2v) is 33.6. The van der Waals surface area contributed by atoms with E-state index in [0.29, 0.717) is 31.6 Å². The quantitative estimate of drug-likeness (QED) is 0.0222. The van der Waals surface area contributed by atoms with Crippen LogP contribution in [0.2, 0.25) is 0 Å². The molecule has 0 spiro atoms. The van der Waals surface area contributed by atoms with Crippen LogP contribution in [0.3, 0.4) is 0 Å². The highest BCUT2D eigenvalue weighted by Gasteiger charge is 2.30. The summed E-state index contributed by atoms with van der Waals surface area (Å²) in [5, 5.41) is 10.6. The zero-order valence-electron chi connectivity index (χ0n) is 65.1. The van der Waals surface area contributed by atoms with E-state index < -0.39 is 97.5 Å². The number of carbonyl (C=O) groups excluding carboxylic acids is 4. The first-order chi connectivity index (χ1) is 47.6. The van der Waals surface area contributed by atoms with Crippen LogP contribution in [0.5, 0.6) is 0 Å². The van der Waals surface area contributed by atoms with Gasteiger partial charge in [0.05, 0.1) is 26.4 Å². The van der Waals surface area contributed by atoms with E-state index in [1.807, 2.05) is 0 Å². The molecule has 0 heterocycles. The fraction of sp³-hybridized carbons (Fsp3) is 0.950. The minimum absolute atomic E-state index is 0.106. The largest absolute Gasteiger partial charge is 0.472 e. The average Bonchev–Trinajstić information content (AvgIpc) is 1.47. The SMILES string of the molecule is CC(C)CCCCCCCCCCCCCCCCCCC(=O)OC[C@H](COP(=O)(O)OCC(O)COP(=O)(O)OC[C@@H](COC(=O)CCCCCCCCC(C)C)OC(=O)CCCCCCCCCCCCCCCCCC(C)C)OC(=O)CCCCCCCCCCCCC(C)C. The van der Waals surface area contributed by atoms with E-state index in [4.69, 9.17) is 37.0 Å². The number of hydrogen-bond acceptors (Lipinski definition) is 15. The van der Waals surface area contributed by atoms with E-state index in [1.165, 1.54) is 205 Å². The van der Waals surface area contributed by atoms with Crippen molar-refractivity contribution in [1.82, 2.24) is 0 Å². The van der Waals surface area contributed by atoms with Gasteiger partial charge in [0.25, 0.3) is 0 Å². The van der Waals surface area contributed by atoms with Crippen LogP contribution in [0.4, 0.5) is 0 Å². The molecule has 0 fully saturated rings. The topological polar surface area (TPSA) is 237 Å². The van der Waals surface area contributed by atoms with E-state index in [-0.39, 0.29) is 25.7 Å². The number of carbonyl (C=O) groups is 4. The van der Waals surface area contributed by atoms with Gasteiger partial charge in [-0.1, -0.05) is 357 Å². The van der Waals surface area contributed by atoms with Gasteiger partial charge in [-0.15, -0.1) is 0 Å². The van der Waals surface area contributed by atoms with Crippen molar-refractivity contribution in [3.05, 3.63) is 0 Å². The van der Waals surface area contributed by atoms with Crippen LogP contribution >= 0.6 is 15.6 Å². The zero-order valence-corrected chi connectivity index (χ0v) is 66.9. The molecule has 0 rings (SSSR count). The molecular weight excluding hydrogens is 1290 g/mol. The number of phosphoric acid groups is 2. The number of esters is 4. The Morgan fingerprint density at radius 1 is 0.253 bits per heavy atom. The standard InChI is InChI=1S/C80H156O17P2/c1-70(2)56-48-40-32-26-20-16-12-9-10-14-18-22-29-35-44-52-60-77(82)90-66-75(96-80(85)63-55-47-37-31-25-24-28-34-42-50-58-72(5)6)68-94-98(86,87)92-64-74(81)65-93-99(88,89)95-69-76(67-91-78(83)61-53-45-39-38-43-51-59-73(7)8)97-79(84)62-54-46-36-30-23-19-15-11-13-17-21-27-33-41-49-57-71(3)4/h70-76,81H,9-69H2,1-8H3,(H,86,87)(H,88,89)/t74?,75-,76-/m1/s1. The highest BCUT2D eigenvalue weighted by molar-refractivity contribution is 7.47. The maximum atomic E-state index is 13.1. The van der Waals surface area contributed by atoms with Crippen LogP contribution in [-0.2, 0) is 65.4 Å². The first kappa shape index (κ1) is 97.1. The van der Waals surface area contributed by atoms with Gasteiger partial charge in [-0.2, -0.15) is 0 Å². The first-order valence-electron chi connectivity index (χ1n) is 41.2. The molecule has 0 aliphatic heterocycles. The fourth-order valence-electron chi connectivity index (χ4n) is 12.3. The highest BCUT2D eigenvalue weighted by Crippen LogP contribution is 2.45. The third kappa shape index (κ3) is 74.1. The van der Waals surface area contributed by atoms with Crippen LogP contribution in [0.25, 0.3) is 0 Å². The molecule has 0 aromatic heterocycles. The molecular formula is C80H156O17P2. The van der Waals surface area contributed by atoms with Crippen LogP contribution in [0.1, 0.15) is 409 Å². The molecule has 0 amide bonds. The third-order valence-electron chi connectivity index (χ3n) is 18.6. The molecule has 3 N–H and O–H groups in total. The Morgan fingerprint density at radius 2 is 0.424 bits per heavy atom. The van der Waals surface area contributed by atoms with E-state index in [1.54, 1.807) is 0 Å². The summed E-state index contributed by atoms with van der Waals surface area (Å²) in [5.74, 6) is 0.929. The molecule has 0 radical (unpaired) electrons. The summed E-state index contributed by atoms with van der Waals surface area (Å²) in [6.45, 7) is 14.2. The van der Waals surface area contributed by atoms with Crippen LogP contribution in [-0.4, -0.2) is 96.7 Å². The predicted octanol–water partition coefficient (Wildman–Crippen LogP) is 23.6. The van der Waals surface area contributed by atoms with Crippen molar-refractivity contribution in [2.24, 2.45) is 23.7 Å². The van der Waals surface area contributed by atoms with Crippen molar-refractivity contribution in [3.63, 3.8) is 0 Å². The molecule has 0 aliphatic rings. The number of unbranched alkanes of at least 4 members (excludes halogenated alkanes) is 43. The Bertz CT molecular complexity index is 1940. The Hall–Kier alpha value is -1.94. The van der Waals surface area contributed by atoms with Crippen molar-refractivity contribution in [2.45, 2.75) is 427 Å². The van der Waals surface area contributed by atoms with Gasteiger partial charge in [0, 0.05) is 25.7 Å². The molecule has 99 heavy (non-hydrogen) atoms. The monoisotopic (exact) mass is 1450 g/mol. The zero-order chi connectivity index (χ0) is 73.1. The molecule has 0 aliphatic carbocycles. The average molecular weight is 1450 g/mol. The molecule has 0 saturated carbocycles. The Labute approximate surface area is 607 Å². The first-order valence-corrected chi connectivity index (χ1v) is 44.2. The number of phosphoric ester groups is 2. The van der Waals surface area contributed by atoms with Crippen molar-refractivity contribution in [3.8, 4) is 0 Å². The predicted molar refractivity (Wildman–Crippen MR) is 404 cm³/mol. The van der Waals surface area contributed by atoms with Gasteiger partial charge in [-0.25, -0.2) is 9.13 Å². The highest BCUT2D eigenvalue weighted by atomic mass is 31.2. The molecule has 3 unspecified atom stereocenters. The number of rotatable bonds is 77. The van der Waals surface area contributed by atoms with E-state index >= 15 is 0 Å². The summed E-state index contributed by atoms with van der Waals surface area (Å²) in [6.07, 6.45) is 55.7. The molecule has 0 bridgehead atoms. The van der Waals surface area contributed by atoms with Gasteiger partial charge in [-0.3, -0.25) is 37.3 Å². The van der Waals surface area contributed by atoms with Crippen molar-refractivity contribution in [2.75, 3.05) is 39.6 Å². The van der Waals surface area contributed by atoms with Crippen molar-refractivity contribution >= 4 is 39.5 Å². The lowest BCUT2D eigenvalue weighted by molar-refractivity contribution is -0.161. The van der Waals surface area contributed by atoms with Gasteiger partial charge in [0.1, 0.15) is 19.3 Å². The van der Waals surface area contributed by atoms with E-state index in [0.717, 1.165) is 114 Å². The Kier molecular flexibility index (Phi) is 67.8. The number of aliphatic hydroxyl groups is 1. The molecule has 5 atom stereocenters. The fourth-order valence-corrected chi connectivity index (χ4v) is 13.8. The summed E-state index contributed by atoms with van der Waals surface area (Å²) in [6, 6.07) is 0. The van der Waals surface area contributed by atoms with Crippen LogP contribution in [0.15, 0.2) is 0 Å². The molecule has 588 valence electrons. The normalized spacial score (nSPS) is 14.1. The number of hydrogen-bond donors (Lipinski definition) is 3. The minimum Gasteiger partial charge on any atom is -0.462 e. The molecule has 0 saturated heterocycles. The van der Waals surface area contributed by atoms with Gasteiger partial charge in [-0.05, 0) is 49.4 Å². The Balaban J connectivity index is 5.19. The lowest BCUT2D eigenvalue weighted by atomic mass is 10.0. The summed E-state index contributed by atoms with van der Waals surface area (Å²) in [5.41, 5.74) is 0. The maximum Gasteiger partial charge on any atom is 0.472 e. The van der Waals surface area contributed by atoms with Crippen molar-refractivity contribution in [1.29, 1.82) is 0 Å². The third-order valence-corrected chi connectivity index (χ3v) is 20.5. The lowest BCUT2D eigenvalue weighted by Crippen LogP contribution is -2.30. The maximum absolute atomic E-state index is 13.1.